The van der Waals surface area contributed by atoms with E-state index in [1.54, 1.807) is 44.2 Å². The van der Waals surface area contributed by atoms with Gasteiger partial charge in [0, 0.05) is 5.69 Å². The molecule has 0 unspecified atom stereocenters. The van der Waals surface area contributed by atoms with E-state index in [1.807, 2.05) is 19.9 Å². The molecule has 0 heterocycles. The van der Waals surface area contributed by atoms with Crippen LogP contribution in [0.4, 0.5) is 11.4 Å². The Kier molecular flexibility index (Phi) is 7.02. The summed E-state index contributed by atoms with van der Waals surface area (Å²) in [5.41, 5.74) is 3.49. The van der Waals surface area contributed by atoms with Crippen molar-refractivity contribution < 1.29 is 22.7 Å². The van der Waals surface area contributed by atoms with Gasteiger partial charge in [-0.25, -0.2) is 13.2 Å². The van der Waals surface area contributed by atoms with Crippen molar-refractivity contribution in [2.45, 2.75) is 27.7 Å². The normalized spacial score (nSPS) is 11.1. The maximum Gasteiger partial charge on any atom is 0.338 e. The van der Waals surface area contributed by atoms with Gasteiger partial charge in [0.15, 0.2) is 0 Å². The van der Waals surface area contributed by atoms with Gasteiger partial charge in [-0.2, -0.15) is 0 Å². The average Bonchev–Trinajstić information content (AvgIpc) is 2.63. The minimum Gasteiger partial charge on any atom is -0.462 e. The quantitative estimate of drug-likeness (QED) is 0.697. The summed E-state index contributed by atoms with van der Waals surface area (Å²) < 4.78 is 30.8. The van der Waals surface area contributed by atoms with E-state index in [-0.39, 0.29) is 13.2 Å². The lowest BCUT2D eigenvalue weighted by Gasteiger charge is -2.24. The number of rotatable bonds is 7. The summed E-state index contributed by atoms with van der Waals surface area (Å²) in [6, 6.07) is 10.2. The molecule has 156 valence electrons. The van der Waals surface area contributed by atoms with Gasteiger partial charge in [-0.05, 0) is 62.6 Å². The van der Waals surface area contributed by atoms with Crippen LogP contribution in [-0.2, 0) is 19.6 Å². The molecule has 0 bridgehead atoms. The number of esters is 1. The molecule has 7 nitrogen and oxygen atoms in total. The van der Waals surface area contributed by atoms with Crippen LogP contribution in [0.25, 0.3) is 0 Å². The zero-order chi connectivity index (χ0) is 21.8. The number of amides is 1. The summed E-state index contributed by atoms with van der Waals surface area (Å²) >= 11 is 0. The van der Waals surface area contributed by atoms with Crippen LogP contribution in [0.1, 0.15) is 34.0 Å². The second kappa shape index (κ2) is 9.09. The maximum atomic E-state index is 12.7. The van der Waals surface area contributed by atoms with Crippen molar-refractivity contribution in [1.29, 1.82) is 0 Å². The van der Waals surface area contributed by atoms with Gasteiger partial charge in [-0.1, -0.05) is 18.2 Å². The van der Waals surface area contributed by atoms with Crippen LogP contribution in [0.15, 0.2) is 36.4 Å². The second-order valence-electron chi connectivity index (χ2n) is 6.74. The van der Waals surface area contributed by atoms with Crippen LogP contribution < -0.4 is 9.62 Å². The zero-order valence-electron chi connectivity index (χ0n) is 17.3. The summed E-state index contributed by atoms with van der Waals surface area (Å²) in [4.78, 5) is 24.7. The molecule has 0 atom stereocenters. The number of aryl methyl sites for hydroxylation is 1. The van der Waals surface area contributed by atoms with Crippen LogP contribution in [0.5, 0.6) is 0 Å². The molecule has 2 aromatic carbocycles. The summed E-state index contributed by atoms with van der Waals surface area (Å²) in [5, 5.41) is 2.70. The van der Waals surface area contributed by atoms with E-state index in [4.69, 9.17) is 4.74 Å². The van der Waals surface area contributed by atoms with Crippen molar-refractivity contribution in [2.75, 3.05) is 29.0 Å². The SMILES string of the molecule is CCOC(=O)c1cccc(NC(=O)CN(c2cccc(C)c2C)S(C)(=O)=O)c1C. The summed E-state index contributed by atoms with van der Waals surface area (Å²) in [6.45, 7) is 6.96. The Balaban J connectivity index is 2.29. The fraction of sp³-hybridized carbons (Fsp3) is 0.333. The Hall–Kier alpha value is -2.87. The summed E-state index contributed by atoms with van der Waals surface area (Å²) in [5.74, 6) is -0.991. The molecular weight excluding hydrogens is 392 g/mol. The molecule has 8 heteroatoms. The molecule has 0 spiro atoms. The van der Waals surface area contributed by atoms with Crippen molar-refractivity contribution in [1.82, 2.24) is 0 Å². The highest BCUT2D eigenvalue weighted by molar-refractivity contribution is 7.92. The first-order valence-electron chi connectivity index (χ1n) is 9.16. The highest BCUT2D eigenvalue weighted by atomic mass is 32.2. The maximum absolute atomic E-state index is 12.7. The van der Waals surface area contributed by atoms with E-state index in [0.717, 1.165) is 21.7 Å². The molecular formula is C21H26N2O5S. The van der Waals surface area contributed by atoms with E-state index < -0.39 is 21.9 Å². The lowest BCUT2D eigenvalue weighted by molar-refractivity contribution is -0.114. The van der Waals surface area contributed by atoms with E-state index in [2.05, 4.69) is 5.32 Å². The number of nitrogens with zero attached hydrogens (tertiary/aromatic N) is 1. The minimum absolute atomic E-state index is 0.244. The van der Waals surface area contributed by atoms with Crippen molar-refractivity contribution in [3.05, 3.63) is 58.7 Å². The zero-order valence-corrected chi connectivity index (χ0v) is 18.1. The predicted octanol–water partition coefficient (Wildman–Crippen LogP) is 3.19. The van der Waals surface area contributed by atoms with Crippen LogP contribution in [-0.4, -0.2) is 39.7 Å². The second-order valence-corrected chi connectivity index (χ2v) is 8.64. The first-order chi connectivity index (χ1) is 13.6. The third-order valence-electron chi connectivity index (χ3n) is 4.64. The Morgan fingerprint density at radius 3 is 2.31 bits per heavy atom. The predicted molar refractivity (Wildman–Crippen MR) is 114 cm³/mol. The number of benzene rings is 2. The smallest absolute Gasteiger partial charge is 0.338 e. The van der Waals surface area contributed by atoms with Crippen molar-refractivity contribution >= 4 is 33.3 Å². The molecule has 1 amide bonds. The lowest BCUT2D eigenvalue weighted by Crippen LogP contribution is -2.38. The van der Waals surface area contributed by atoms with Gasteiger partial charge in [0.25, 0.3) is 0 Å². The van der Waals surface area contributed by atoms with Gasteiger partial charge in [0.05, 0.1) is 24.1 Å². The van der Waals surface area contributed by atoms with Crippen molar-refractivity contribution in [3.8, 4) is 0 Å². The van der Waals surface area contributed by atoms with Crippen molar-refractivity contribution in [2.24, 2.45) is 0 Å². The number of carbonyl (C=O) groups excluding carboxylic acids is 2. The molecule has 0 radical (unpaired) electrons. The molecule has 2 aromatic rings. The number of carbonyl (C=O) groups is 2. The number of sulfonamides is 1. The van der Waals surface area contributed by atoms with Gasteiger partial charge in [0.1, 0.15) is 6.54 Å². The van der Waals surface area contributed by atoms with Crippen LogP contribution in [0.3, 0.4) is 0 Å². The molecule has 0 fully saturated rings. The summed E-state index contributed by atoms with van der Waals surface area (Å²) in [7, 11) is -3.69. The van der Waals surface area contributed by atoms with Gasteiger partial charge >= 0.3 is 5.97 Å². The fourth-order valence-corrected chi connectivity index (χ4v) is 3.81. The molecule has 0 aliphatic carbocycles. The molecule has 0 saturated heterocycles. The molecule has 1 N–H and O–H groups in total. The monoisotopic (exact) mass is 418 g/mol. The van der Waals surface area contributed by atoms with Crippen LogP contribution in [0.2, 0.25) is 0 Å². The van der Waals surface area contributed by atoms with Crippen molar-refractivity contribution in [3.63, 3.8) is 0 Å². The minimum atomic E-state index is -3.69. The molecule has 0 saturated carbocycles. The van der Waals surface area contributed by atoms with Gasteiger partial charge in [-0.15, -0.1) is 0 Å². The number of ether oxygens (including phenoxy) is 1. The topological polar surface area (TPSA) is 92.8 Å². The third-order valence-corrected chi connectivity index (χ3v) is 5.76. The largest absolute Gasteiger partial charge is 0.462 e. The highest BCUT2D eigenvalue weighted by Crippen LogP contribution is 2.25. The third kappa shape index (κ3) is 5.35. The van der Waals surface area contributed by atoms with Gasteiger partial charge in [-0.3, -0.25) is 9.10 Å². The number of nitrogens with one attached hydrogen (secondary N) is 1. The van der Waals surface area contributed by atoms with E-state index >= 15 is 0 Å². The standard InChI is InChI=1S/C21H26N2O5S/c1-6-28-21(25)17-10-8-11-18(16(17)4)22-20(24)13-23(29(5,26)27)19-12-7-9-14(2)15(19)3/h7-12H,6,13H2,1-5H3,(H,22,24). The van der Waals surface area contributed by atoms with Gasteiger partial charge in [0.2, 0.25) is 15.9 Å². The molecule has 0 aromatic heterocycles. The van der Waals surface area contributed by atoms with E-state index in [1.165, 1.54) is 0 Å². The van der Waals surface area contributed by atoms with Crippen LogP contribution >= 0.6 is 0 Å². The Morgan fingerprint density at radius 2 is 1.69 bits per heavy atom. The fourth-order valence-electron chi connectivity index (χ4n) is 2.91. The molecule has 29 heavy (non-hydrogen) atoms. The number of anilines is 2. The average molecular weight is 419 g/mol. The Morgan fingerprint density at radius 1 is 1.03 bits per heavy atom. The first kappa shape index (κ1) is 22.4. The van der Waals surface area contributed by atoms with E-state index in [0.29, 0.717) is 22.5 Å². The molecule has 0 aliphatic heterocycles. The Labute approximate surface area is 171 Å². The molecule has 2 rings (SSSR count). The van der Waals surface area contributed by atoms with E-state index in [9.17, 15) is 18.0 Å². The lowest BCUT2D eigenvalue weighted by atomic mass is 10.1. The highest BCUT2D eigenvalue weighted by Gasteiger charge is 2.23. The first-order valence-corrected chi connectivity index (χ1v) is 11.0. The number of hydrogen-bond acceptors (Lipinski definition) is 5. The number of hydrogen-bond donors (Lipinski definition) is 1. The summed E-state index contributed by atoms with van der Waals surface area (Å²) in [6.07, 6.45) is 1.06. The Bertz CT molecular complexity index is 1030. The van der Waals surface area contributed by atoms with Crippen LogP contribution in [0, 0.1) is 20.8 Å². The van der Waals surface area contributed by atoms with Gasteiger partial charge < -0.3 is 10.1 Å². The molecule has 0 aliphatic rings.